The van der Waals surface area contributed by atoms with E-state index in [2.05, 4.69) is 5.32 Å². The van der Waals surface area contributed by atoms with Gasteiger partial charge < -0.3 is 19.9 Å². The van der Waals surface area contributed by atoms with E-state index in [4.69, 9.17) is 14.6 Å². The Hall–Kier alpha value is -2.24. The first kappa shape index (κ1) is 14.2. The number of para-hydroxylation sites is 1. The predicted molar refractivity (Wildman–Crippen MR) is 71.2 cm³/mol. The molecule has 1 amide bonds. The number of amides is 1. The van der Waals surface area contributed by atoms with E-state index in [0.29, 0.717) is 0 Å². The number of carboxylic acids is 1. The zero-order valence-electron chi connectivity index (χ0n) is 11.4. The number of methoxy groups -OCH3 is 1. The van der Waals surface area contributed by atoms with Crippen molar-refractivity contribution in [3.8, 4) is 11.5 Å². The van der Waals surface area contributed by atoms with Gasteiger partial charge in [-0.2, -0.15) is 0 Å². The van der Waals surface area contributed by atoms with Crippen molar-refractivity contribution in [1.29, 1.82) is 0 Å². The van der Waals surface area contributed by atoms with Gasteiger partial charge in [-0.1, -0.05) is 6.07 Å². The number of hydrogen-bond donors (Lipinski definition) is 2. The highest BCUT2D eigenvalue weighted by Gasteiger charge is 2.28. The Kier molecular flexibility index (Phi) is 4.12. The zero-order chi connectivity index (χ0) is 14.7. The maximum absolute atomic E-state index is 11.9. The van der Waals surface area contributed by atoms with Crippen molar-refractivity contribution >= 4 is 11.9 Å². The summed E-state index contributed by atoms with van der Waals surface area (Å²) in [5.74, 6) is -1.03. The number of hydrogen-bond acceptors (Lipinski definition) is 4. The highest BCUT2D eigenvalue weighted by atomic mass is 16.5. The third kappa shape index (κ3) is 3.20. The molecule has 6 heteroatoms. The summed E-state index contributed by atoms with van der Waals surface area (Å²) in [5.41, 5.74) is -0.0320. The van der Waals surface area contributed by atoms with Crippen LogP contribution in [0.25, 0.3) is 0 Å². The van der Waals surface area contributed by atoms with Crippen LogP contribution in [0.4, 0.5) is 0 Å². The maximum Gasteiger partial charge on any atom is 0.339 e. The second-order valence-corrected chi connectivity index (χ2v) is 4.69. The molecule has 2 N–H and O–H groups in total. The molecule has 0 saturated heterocycles. The smallest absolute Gasteiger partial charge is 0.339 e. The number of carboxylic acid groups (broad SMARTS) is 1. The van der Waals surface area contributed by atoms with E-state index in [1.165, 1.54) is 13.2 Å². The van der Waals surface area contributed by atoms with E-state index in [-0.39, 0.29) is 29.0 Å². The van der Waals surface area contributed by atoms with Gasteiger partial charge in [-0.3, -0.25) is 4.79 Å². The van der Waals surface area contributed by atoms with Crippen molar-refractivity contribution in [1.82, 2.24) is 5.32 Å². The van der Waals surface area contributed by atoms with Crippen LogP contribution < -0.4 is 14.8 Å². The number of rotatable bonds is 6. The SMILES string of the molecule is COc1cccc(C(=O)O)c1OC(C)C(=O)NC1CC1. The Morgan fingerprint density at radius 3 is 2.65 bits per heavy atom. The molecule has 1 fully saturated rings. The average Bonchev–Trinajstić information content (AvgIpc) is 3.22. The summed E-state index contributed by atoms with van der Waals surface area (Å²) < 4.78 is 10.6. The third-order valence-electron chi connectivity index (χ3n) is 3.02. The molecule has 0 heterocycles. The second-order valence-electron chi connectivity index (χ2n) is 4.69. The molecule has 6 nitrogen and oxygen atoms in total. The number of carbonyl (C=O) groups is 2. The molecule has 1 atom stereocenters. The molecule has 1 aromatic carbocycles. The molecular weight excluding hydrogens is 262 g/mol. The van der Waals surface area contributed by atoms with Gasteiger partial charge in [0.2, 0.25) is 0 Å². The quantitative estimate of drug-likeness (QED) is 0.823. The molecular formula is C14H17NO5. The number of ether oxygens (including phenoxy) is 2. The molecule has 0 aliphatic heterocycles. The van der Waals surface area contributed by atoms with E-state index in [1.807, 2.05) is 0 Å². The topological polar surface area (TPSA) is 84.9 Å². The van der Waals surface area contributed by atoms with Crippen LogP contribution in [-0.4, -0.2) is 36.2 Å². The number of aromatic carboxylic acids is 1. The first-order valence-corrected chi connectivity index (χ1v) is 6.40. The van der Waals surface area contributed by atoms with Gasteiger partial charge in [-0.05, 0) is 31.9 Å². The molecule has 1 unspecified atom stereocenters. The van der Waals surface area contributed by atoms with Crippen molar-refractivity contribution in [2.75, 3.05) is 7.11 Å². The lowest BCUT2D eigenvalue weighted by Gasteiger charge is -2.18. The summed E-state index contributed by atoms with van der Waals surface area (Å²) in [4.78, 5) is 23.0. The van der Waals surface area contributed by atoms with Gasteiger partial charge in [0.05, 0.1) is 7.11 Å². The fraction of sp³-hybridized carbons (Fsp3) is 0.429. The van der Waals surface area contributed by atoms with Gasteiger partial charge in [-0.25, -0.2) is 4.79 Å². The Labute approximate surface area is 116 Å². The lowest BCUT2D eigenvalue weighted by Crippen LogP contribution is -2.37. The van der Waals surface area contributed by atoms with Gasteiger partial charge >= 0.3 is 5.97 Å². The summed E-state index contributed by atoms with van der Waals surface area (Å²) >= 11 is 0. The third-order valence-corrected chi connectivity index (χ3v) is 3.02. The van der Waals surface area contributed by atoms with Gasteiger partial charge in [-0.15, -0.1) is 0 Å². The normalized spacial score (nSPS) is 15.3. The highest BCUT2D eigenvalue weighted by Crippen LogP contribution is 2.32. The molecule has 108 valence electrons. The molecule has 2 rings (SSSR count). The monoisotopic (exact) mass is 279 g/mol. The summed E-state index contributed by atoms with van der Waals surface area (Å²) in [6.07, 6.45) is 1.17. The summed E-state index contributed by atoms with van der Waals surface area (Å²) in [6.45, 7) is 1.58. The number of nitrogens with one attached hydrogen (secondary N) is 1. The first-order valence-electron chi connectivity index (χ1n) is 6.40. The molecule has 0 spiro atoms. The average molecular weight is 279 g/mol. The van der Waals surface area contributed by atoms with E-state index in [0.717, 1.165) is 12.8 Å². The largest absolute Gasteiger partial charge is 0.493 e. The number of carbonyl (C=O) groups excluding carboxylic acids is 1. The lowest BCUT2D eigenvalue weighted by molar-refractivity contribution is -0.127. The molecule has 0 radical (unpaired) electrons. The van der Waals surface area contributed by atoms with E-state index in [9.17, 15) is 9.59 Å². The van der Waals surface area contributed by atoms with Gasteiger partial charge in [0.1, 0.15) is 5.56 Å². The Balaban J connectivity index is 2.17. The summed E-state index contributed by atoms with van der Waals surface area (Å²) in [7, 11) is 1.42. The van der Waals surface area contributed by atoms with E-state index in [1.54, 1.807) is 19.1 Å². The fourth-order valence-electron chi connectivity index (χ4n) is 1.74. The van der Waals surface area contributed by atoms with Crippen LogP contribution in [-0.2, 0) is 4.79 Å². The van der Waals surface area contributed by atoms with E-state index >= 15 is 0 Å². The van der Waals surface area contributed by atoms with Crippen LogP contribution in [0.1, 0.15) is 30.1 Å². The Bertz CT molecular complexity index is 524. The minimum atomic E-state index is -1.13. The first-order chi connectivity index (χ1) is 9.52. The van der Waals surface area contributed by atoms with Crippen molar-refractivity contribution in [2.45, 2.75) is 31.9 Å². The maximum atomic E-state index is 11.9. The van der Waals surface area contributed by atoms with Crippen LogP contribution in [0.5, 0.6) is 11.5 Å². The van der Waals surface area contributed by atoms with Crippen LogP contribution in [0.3, 0.4) is 0 Å². The van der Waals surface area contributed by atoms with Crippen molar-refractivity contribution in [3.05, 3.63) is 23.8 Å². The molecule has 1 aliphatic carbocycles. The minimum absolute atomic E-state index is 0.0320. The van der Waals surface area contributed by atoms with Crippen molar-refractivity contribution in [3.63, 3.8) is 0 Å². The van der Waals surface area contributed by atoms with E-state index < -0.39 is 12.1 Å². The minimum Gasteiger partial charge on any atom is -0.493 e. The van der Waals surface area contributed by atoms with Crippen LogP contribution in [0, 0.1) is 0 Å². The summed E-state index contributed by atoms with van der Waals surface area (Å²) in [5, 5.41) is 12.0. The molecule has 1 aromatic rings. The standard InChI is InChI=1S/C14H17NO5/c1-8(13(16)15-9-6-7-9)20-12-10(14(17)18)4-3-5-11(12)19-2/h3-5,8-9H,6-7H2,1-2H3,(H,15,16)(H,17,18). The van der Waals surface area contributed by atoms with Crippen molar-refractivity contribution < 1.29 is 24.2 Å². The highest BCUT2D eigenvalue weighted by molar-refractivity contribution is 5.92. The lowest BCUT2D eigenvalue weighted by atomic mass is 10.2. The fourth-order valence-corrected chi connectivity index (χ4v) is 1.74. The molecule has 1 saturated carbocycles. The van der Waals surface area contributed by atoms with Crippen molar-refractivity contribution in [2.24, 2.45) is 0 Å². The van der Waals surface area contributed by atoms with Gasteiger partial charge in [0.25, 0.3) is 5.91 Å². The Morgan fingerprint density at radius 2 is 2.10 bits per heavy atom. The summed E-state index contributed by atoms with van der Waals surface area (Å²) in [6, 6.07) is 4.79. The number of benzene rings is 1. The van der Waals surface area contributed by atoms with Gasteiger partial charge in [0, 0.05) is 6.04 Å². The molecule has 20 heavy (non-hydrogen) atoms. The second kappa shape index (κ2) is 5.81. The molecule has 0 aromatic heterocycles. The molecule has 0 bridgehead atoms. The Morgan fingerprint density at radius 1 is 1.40 bits per heavy atom. The zero-order valence-corrected chi connectivity index (χ0v) is 11.4. The van der Waals surface area contributed by atoms with Crippen LogP contribution in [0.15, 0.2) is 18.2 Å². The predicted octanol–water partition coefficient (Wildman–Crippen LogP) is 1.44. The van der Waals surface area contributed by atoms with Crippen LogP contribution in [0.2, 0.25) is 0 Å². The molecule has 1 aliphatic rings. The van der Waals surface area contributed by atoms with Crippen LogP contribution >= 0.6 is 0 Å². The van der Waals surface area contributed by atoms with Gasteiger partial charge in [0.15, 0.2) is 17.6 Å².